The summed E-state index contributed by atoms with van der Waals surface area (Å²) in [4.78, 5) is 31.6. The molecule has 1 atom stereocenters. The van der Waals surface area contributed by atoms with Gasteiger partial charge >= 0.3 is 0 Å². The van der Waals surface area contributed by atoms with E-state index in [4.69, 9.17) is 5.73 Å². The average molecular weight is 472 g/mol. The van der Waals surface area contributed by atoms with Crippen LogP contribution in [0.15, 0.2) is 42.7 Å². The van der Waals surface area contributed by atoms with Gasteiger partial charge in [0.05, 0.1) is 11.9 Å². The molecule has 2 amide bonds. The van der Waals surface area contributed by atoms with Crippen molar-refractivity contribution in [3.8, 4) is 22.4 Å². The summed E-state index contributed by atoms with van der Waals surface area (Å²) in [6.07, 6.45) is 10.0. The van der Waals surface area contributed by atoms with Crippen LogP contribution in [-0.2, 0) is 13.1 Å². The normalized spacial score (nSPS) is 16.6. The van der Waals surface area contributed by atoms with Gasteiger partial charge in [-0.3, -0.25) is 14.3 Å². The standard InChI is InChI=1S/C28H33N5O2/c1-3-18(2)14-32-16-21-9-8-20(12-24(21)28(32)35)26-23(10-11-25(31-26)27(29)34)22-13-30-33(17-22)15-19-6-4-5-7-19/h8-13,17-19H,3-7,14-16H2,1-2H3,(H2,29,34). The molecule has 1 aliphatic heterocycles. The highest BCUT2D eigenvalue weighted by Gasteiger charge is 2.29. The lowest BCUT2D eigenvalue weighted by Gasteiger charge is -2.19. The minimum absolute atomic E-state index is 0.0548. The van der Waals surface area contributed by atoms with Gasteiger partial charge in [0.25, 0.3) is 11.8 Å². The number of rotatable bonds is 8. The number of hydrogen-bond donors (Lipinski definition) is 1. The molecule has 35 heavy (non-hydrogen) atoms. The molecule has 3 aromatic rings. The molecule has 1 unspecified atom stereocenters. The van der Waals surface area contributed by atoms with Crippen LogP contribution in [0.5, 0.6) is 0 Å². The molecular formula is C28H33N5O2. The molecule has 0 saturated heterocycles. The SMILES string of the molecule is CCC(C)CN1Cc2ccc(-c3nc(C(N)=O)ccc3-c3cnn(CC4CCCC4)c3)cc2C1=O. The Balaban J connectivity index is 1.49. The highest BCUT2D eigenvalue weighted by Crippen LogP contribution is 2.34. The number of benzene rings is 1. The molecular weight excluding hydrogens is 438 g/mol. The van der Waals surface area contributed by atoms with Crippen LogP contribution in [0.2, 0.25) is 0 Å². The first-order valence-corrected chi connectivity index (χ1v) is 12.7. The molecule has 0 spiro atoms. The fourth-order valence-corrected chi connectivity index (χ4v) is 5.27. The van der Waals surface area contributed by atoms with Gasteiger partial charge in [-0.1, -0.05) is 45.2 Å². The monoisotopic (exact) mass is 471 g/mol. The number of pyridine rings is 1. The quantitative estimate of drug-likeness (QED) is 0.505. The molecule has 7 heteroatoms. The third-order valence-corrected chi connectivity index (χ3v) is 7.50. The van der Waals surface area contributed by atoms with Crippen LogP contribution in [0.1, 0.15) is 72.4 Å². The van der Waals surface area contributed by atoms with E-state index < -0.39 is 5.91 Å². The van der Waals surface area contributed by atoms with Crippen molar-refractivity contribution in [2.24, 2.45) is 17.6 Å². The summed E-state index contributed by atoms with van der Waals surface area (Å²) in [6, 6.07) is 9.43. The van der Waals surface area contributed by atoms with Crippen molar-refractivity contribution in [3.05, 3.63) is 59.5 Å². The molecule has 1 saturated carbocycles. The topological polar surface area (TPSA) is 94.1 Å². The second kappa shape index (κ2) is 9.64. The molecule has 2 aliphatic rings. The van der Waals surface area contributed by atoms with E-state index in [-0.39, 0.29) is 11.6 Å². The number of hydrogen-bond acceptors (Lipinski definition) is 4. The summed E-state index contributed by atoms with van der Waals surface area (Å²) in [5, 5.41) is 4.60. The van der Waals surface area contributed by atoms with E-state index in [2.05, 4.69) is 30.1 Å². The van der Waals surface area contributed by atoms with Crippen molar-refractivity contribution in [1.82, 2.24) is 19.7 Å². The third kappa shape index (κ3) is 4.72. The van der Waals surface area contributed by atoms with Crippen LogP contribution in [-0.4, -0.2) is 38.0 Å². The van der Waals surface area contributed by atoms with Gasteiger partial charge in [0, 0.05) is 48.1 Å². The summed E-state index contributed by atoms with van der Waals surface area (Å²) in [5.41, 5.74) is 10.7. The molecule has 2 aromatic heterocycles. The Morgan fingerprint density at radius 2 is 1.94 bits per heavy atom. The van der Waals surface area contributed by atoms with Gasteiger partial charge in [0.15, 0.2) is 0 Å². The van der Waals surface area contributed by atoms with Crippen molar-refractivity contribution in [3.63, 3.8) is 0 Å². The summed E-state index contributed by atoms with van der Waals surface area (Å²) < 4.78 is 2.01. The molecule has 182 valence electrons. The fraction of sp³-hybridized carbons (Fsp3) is 0.429. The first-order chi connectivity index (χ1) is 16.9. The number of carbonyl (C=O) groups is 2. The summed E-state index contributed by atoms with van der Waals surface area (Å²) in [5.74, 6) is 0.610. The summed E-state index contributed by atoms with van der Waals surface area (Å²) in [6.45, 7) is 6.61. The number of aromatic nitrogens is 3. The zero-order chi connectivity index (χ0) is 24.5. The zero-order valence-electron chi connectivity index (χ0n) is 20.5. The van der Waals surface area contributed by atoms with Crippen LogP contribution in [0.3, 0.4) is 0 Å². The molecule has 3 heterocycles. The van der Waals surface area contributed by atoms with Gasteiger partial charge < -0.3 is 10.6 Å². The first-order valence-electron chi connectivity index (χ1n) is 12.7. The second-order valence-corrected chi connectivity index (χ2v) is 10.1. The van der Waals surface area contributed by atoms with Gasteiger partial charge in [-0.25, -0.2) is 4.98 Å². The van der Waals surface area contributed by atoms with E-state index in [0.717, 1.165) is 41.8 Å². The van der Waals surface area contributed by atoms with Gasteiger partial charge in [0.2, 0.25) is 0 Å². The number of nitrogens with two attached hydrogens (primary N) is 1. The molecule has 0 radical (unpaired) electrons. The van der Waals surface area contributed by atoms with E-state index in [1.54, 1.807) is 6.07 Å². The van der Waals surface area contributed by atoms with Crippen molar-refractivity contribution in [1.29, 1.82) is 0 Å². The maximum atomic E-state index is 13.1. The van der Waals surface area contributed by atoms with Gasteiger partial charge in [-0.15, -0.1) is 0 Å². The predicted molar refractivity (Wildman–Crippen MR) is 136 cm³/mol. The maximum absolute atomic E-state index is 13.1. The Kier molecular flexibility index (Phi) is 6.41. The highest BCUT2D eigenvalue weighted by molar-refractivity contribution is 6.00. The lowest BCUT2D eigenvalue weighted by atomic mass is 9.98. The highest BCUT2D eigenvalue weighted by atomic mass is 16.2. The van der Waals surface area contributed by atoms with Crippen LogP contribution in [0.25, 0.3) is 22.4 Å². The Bertz CT molecular complexity index is 1260. The molecule has 7 nitrogen and oxygen atoms in total. The average Bonchev–Trinajstić information content (AvgIpc) is 3.61. The zero-order valence-corrected chi connectivity index (χ0v) is 20.5. The largest absolute Gasteiger partial charge is 0.364 e. The number of nitrogens with zero attached hydrogens (tertiary/aromatic N) is 4. The van der Waals surface area contributed by atoms with Crippen LogP contribution in [0, 0.1) is 11.8 Å². The van der Waals surface area contributed by atoms with Gasteiger partial charge in [-0.05, 0) is 48.4 Å². The van der Waals surface area contributed by atoms with Gasteiger partial charge in [0.1, 0.15) is 5.69 Å². The Labute approximate surface area is 206 Å². The molecule has 2 N–H and O–H groups in total. The van der Waals surface area contributed by atoms with Gasteiger partial charge in [-0.2, -0.15) is 5.10 Å². The number of fused-ring (bicyclic) bond motifs is 1. The van der Waals surface area contributed by atoms with Crippen molar-refractivity contribution in [2.45, 2.75) is 59.0 Å². The smallest absolute Gasteiger partial charge is 0.267 e. The van der Waals surface area contributed by atoms with Crippen LogP contribution in [0.4, 0.5) is 0 Å². The molecule has 1 aliphatic carbocycles. The lowest BCUT2D eigenvalue weighted by Crippen LogP contribution is -2.28. The number of carbonyl (C=O) groups excluding carboxylic acids is 2. The van der Waals surface area contributed by atoms with E-state index in [1.807, 2.05) is 40.0 Å². The Morgan fingerprint density at radius 1 is 1.14 bits per heavy atom. The Hall–Kier alpha value is -3.48. The molecule has 1 aromatic carbocycles. The molecule has 0 bridgehead atoms. The Morgan fingerprint density at radius 3 is 2.69 bits per heavy atom. The number of amides is 2. The maximum Gasteiger partial charge on any atom is 0.267 e. The molecule has 1 fully saturated rings. The van der Waals surface area contributed by atoms with Crippen molar-refractivity contribution >= 4 is 11.8 Å². The minimum Gasteiger partial charge on any atom is -0.364 e. The van der Waals surface area contributed by atoms with E-state index in [1.165, 1.54) is 25.7 Å². The van der Waals surface area contributed by atoms with E-state index in [0.29, 0.717) is 29.6 Å². The summed E-state index contributed by atoms with van der Waals surface area (Å²) in [7, 11) is 0. The van der Waals surface area contributed by atoms with Crippen LogP contribution < -0.4 is 5.73 Å². The minimum atomic E-state index is -0.577. The summed E-state index contributed by atoms with van der Waals surface area (Å²) >= 11 is 0. The second-order valence-electron chi connectivity index (χ2n) is 10.1. The van der Waals surface area contributed by atoms with Crippen molar-refractivity contribution < 1.29 is 9.59 Å². The molecule has 5 rings (SSSR count). The number of primary amides is 1. The van der Waals surface area contributed by atoms with Crippen LogP contribution >= 0.6 is 0 Å². The third-order valence-electron chi connectivity index (χ3n) is 7.50. The van der Waals surface area contributed by atoms with E-state index in [9.17, 15) is 9.59 Å². The fourth-order valence-electron chi connectivity index (χ4n) is 5.27. The first kappa shape index (κ1) is 23.3. The van der Waals surface area contributed by atoms with E-state index >= 15 is 0 Å². The van der Waals surface area contributed by atoms with Crippen molar-refractivity contribution in [2.75, 3.05) is 6.54 Å². The predicted octanol–water partition coefficient (Wildman–Crippen LogP) is 4.90. The lowest BCUT2D eigenvalue weighted by molar-refractivity contribution is 0.0754.